The summed E-state index contributed by atoms with van der Waals surface area (Å²) < 4.78 is 12.0. The van der Waals surface area contributed by atoms with E-state index in [1.165, 1.54) is 11.3 Å². The summed E-state index contributed by atoms with van der Waals surface area (Å²) in [6.07, 6.45) is -1.50. The third-order valence-electron chi connectivity index (χ3n) is 5.57. The molecule has 0 spiro atoms. The third-order valence-corrected chi connectivity index (χ3v) is 6.79. The van der Waals surface area contributed by atoms with Gasteiger partial charge >= 0.3 is 12.2 Å². The first-order valence-corrected chi connectivity index (χ1v) is 12.5. The Labute approximate surface area is 218 Å². The maximum absolute atomic E-state index is 13.5. The molecule has 0 fully saturated rings. The molecule has 1 heterocycles. The highest BCUT2D eigenvalue weighted by molar-refractivity contribution is 7.19. The van der Waals surface area contributed by atoms with Crippen LogP contribution in [0.5, 0.6) is 11.5 Å². The smallest absolute Gasteiger partial charge is 0.408 e. The van der Waals surface area contributed by atoms with E-state index in [4.69, 9.17) is 14.3 Å². The Morgan fingerprint density at radius 3 is 1.92 bits per heavy atom. The molecular weight excluding hydrogens is 486 g/mol. The van der Waals surface area contributed by atoms with Crippen LogP contribution in [0.2, 0.25) is 0 Å². The van der Waals surface area contributed by atoms with Crippen molar-refractivity contribution in [3.05, 3.63) is 132 Å². The molecular formula is C30H23NO5S. The van der Waals surface area contributed by atoms with Crippen LogP contribution in [0.25, 0.3) is 10.1 Å². The zero-order valence-electron chi connectivity index (χ0n) is 19.7. The number of benzene rings is 4. The Morgan fingerprint density at radius 2 is 1.27 bits per heavy atom. The number of nitrogens with zero attached hydrogens (tertiary/aromatic N) is 1. The fraction of sp³-hybridized carbons (Fsp3) is 0.0667. The highest BCUT2D eigenvalue weighted by atomic mass is 32.1. The second-order valence-corrected chi connectivity index (χ2v) is 9.27. The van der Waals surface area contributed by atoms with Crippen LogP contribution >= 0.6 is 11.3 Å². The number of thiophene rings is 1. The highest BCUT2D eigenvalue weighted by Crippen LogP contribution is 2.36. The summed E-state index contributed by atoms with van der Waals surface area (Å²) in [6, 6.07) is 36.1. The Morgan fingerprint density at radius 1 is 0.703 bits per heavy atom. The van der Waals surface area contributed by atoms with Crippen molar-refractivity contribution >= 4 is 33.7 Å². The number of carbonyl (C=O) groups is 2. The third kappa shape index (κ3) is 6.15. The molecule has 6 nitrogen and oxygen atoms in total. The first-order valence-electron chi connectivity index (χ1n) is 11.7. The van der Waals surface area contributed by atoms with Crippen molar-refractivity contribution in [1.29, 1.82) is 0 Å². The van der Waals surface area contributed by atoms with Gasteiger partial charge in [0.2, 0.25) is 0 Å². The van der Waals surface area contributed by atoms with E-state index in [2.05, 4.69) is 0 Å². The van der Waals surface area contributed by atoms with Gasteiger partial charge in [0.25, 0.3) is 0 Å². The van der Waals surface area contributed by atoms with Crippen molar-refractivity contribution in [2.24, 2.45) is 0 Å². The molecule has 184 valence electrons. The van der Waals surface area contributed by atoms with Crippen LogP contribution in [-0.4, -0.2) is 17.3 Å². The average molecular weight is 510 g/mol. The van der Waals surface area contributed by atoms with Crippen molar-refractivity contribution in [2.45, 2.75) is 12.5 Å². The van der Waals surface area contributed by atoms with Crippen molar-refractivity contribution in [1.82, 2.24) is 5.06 Å². The maximum atomic E-state index is 13.5. The first-order chi connectivity index (χ1) is 18.2. The molecule has 4 aromatic carbocycles. The molecule has 0 aliphatic rings. The molecule has 5 aromatic rings. The van der Waals surface area contributed by atoms with Crippen LogP contribution in [0.1, 0.15) is 16.5 Å². The summed E-state index contributed by atoms with van der Waals surface area (Å²) in [5, 5.41) is 2.00. The van der Waals surface area contributed by atoms with E-state index in [0.717, 1.165) is 25.6 Å². The summed E-state index contributed by atoms with van der Waals surface area (Å²) in [5.41, 5.74) is 0.961. The van der Waals surface area contributed by atoms with Crippen molar-refractivity contribution in [2.75, 3.05) is 0 Å². The monoisotopic (exact) mass is 509 g/mol. The molecule has 7 heteroatoms. The van der Waals surface area contributed by atoms with E-state index >= 15 is 0 Å². The summed E-state index contributed by atoms with van der Waals surface area (Å²) in [4.78, 5) is 32.8. The minimum Gasteiger partial charge on any atom is -0.408 e. The number of hydrogen-bond donors (Lipinski definition) is 0. The van der Waals surface area contributed by atoms with Crippen molar-refractivity contribution in [3.8, 4) is 11.5 Å². The molecule has 0 aliphatic carbocycles. The van der Waals surface area contributed by atoms with Crippen LogP contribution in [0, 0.1) is 0 Å². The fourth-order valence-corrected chi connectivity index (χ4v) is 5.00. The number of ether oxygens (including phenoxy) is 2. The Hall–Kier alpha value is -4.62. The summed E-state index contributed by atoms with van der Waals surface area (Å²) in [7, 11) is 0. The van der Waals surface area contributed by atoms with E-state index < -0.39 is 18.3 Å². The number of hydroxylamine groups is 2. The zero-order valence-corrected chi connectivity index (χ0v) is 20.5. The lowest BCUT2D eigenvalue weighted by Crippen LogP contribution is -2.40. The molecule has 0 aliphatic heterocycles. The lowest BCUT2D eigenvalue weighted by Gasteiger charge is -2.28. The van der Waals surface area contributed by atoms with Gasteiger partial charge in [0, 0.05) is 16.0 Å². The summed E-state index contributed by atoms with van der Waals surface area (Å²) in [5.74, 6) is 0.623. The van der Waals surface area contributed by atoms with Crippen LogP contribution in [-0.2, 0) is 11.3 Å². The van der Waals surface area contributed by atoms with Crippen LogP contribution in [0.4, 0.5) is 9.59 Å². The Balaban J connectivity index is 1.51. The molecule has 5 rings (SSSR count). The van der Waals surface area contributed by atoms with Gasteiger partial charge in [-0.05, 0) is 47.3 Å². The van der Waals surface area contributed by atoms with E-state index in [-0.39, 0.29) is 0 Å². The normalized spacial score (nSPS) is 11.5. The first kappa shape index (κ1) is 24.1. The van der Waals surface area contributed by atoms with Crippen LogP contribution < -0.4 is 9.47 Å². The second-order valence-electron chi connectivity index (χ2n) is 8.16. The second kappa shape index (κ2) is 11.4. The molecule has 0 bridgehead atoms. The number of fused-ring (bicyclic) bond motifs is 1. The highest BCUT2D eigenvalue weighted by Gasteiger charge is 2.33. The van der Waals surface area contributed by atoms with Gasteiger partial charge in [0.1, 0.15) is 17.5 Å². The van der Waals surface area contributed by atoms with Gasteiger partial charge in [-0.25, -0.2) is 9.59 Å². The van der Waals surface area contributed by atoms with Gasteiger partial charge in [0.15, 0.2) is 0 Å². The number of amides is 1. The van der Waals surface area contributed by atoms with E-state index in [1.54, 1.807) is 54.6 Å². The van der Waals surface area contributed by atoms with Gasteiger partial charge in [-0.15, -0.1) is 16.4 Å². The van der Waals surface area contributed by atoms with E-state index in [9.17, 15) is 9.59 Å². The van der Waals surface area contributed by atoms with E-state index in [0.29, 0.717) is 17.9 Å². The van der Waals surface area contributed by atoms with Crippen LogP contribution in [0.15, 0.2) is 121 Å². The number of hydrogen-bond acceptors (Lipinski definition) is 6. The Bertz CT molecular complexity index is 1440. The molecule has 0 N–H and O–H groups in total. The van der Waals surface area contributed by atoms with Gasteiger partial charge in [-0.2, -0.15) is 0 Å². The topological polar surface area (TPSA) is 65.1 Å². The maximum Gasteiger partial charge on any atom is 0.539 e. The number of carbonyl (C=O) groups excluding carboxylic acids is 2. The SMILES string of the molecule is O=C(Oc1ccccc1)ON(C(=O)Oc1ccccc1)C(Cc1ccccc1)c1cc2ccccc2s1. The largest absolute Gasteiger partial charge is 0.539 e. The summed E-state index contributed by atoms with van der Waals surface area (Å²) in [6.45, 7) is 0. The molecule has 1 aromatic heterocycles. The van der Waals surface area contributed by atoms with Gasteiger partial charge in [-0.3, -0.25) is 4.84 Å². The van der Waals surface area contributed by atoms with Gasteiger partial charge in [-0.1, -0.05) is 84.9 Å². The van der Waals surface area contributed by atoms with Crippen molar-refractivity contribution < 1.29 is 23.9 Å². The predicted molar refractivity (Wildman–Crippen MR) is 143 cm³/mol. The van der Waals surface area contributed by atoms with E-state index in [1.807, 2.05) is 66.7 Å². The Kier molecular flexibility index (Phi) is 7.43. The number of rotatable bonds is 6. The standard InChI is InChI=1S/C30H23NO5S/c32-29(34-24-15-6-2-7-16-24)31(36-30(33)35-25-17-8-3-9-18-25)26(20-22-12-4-1-5-13-22)28-21-23-14-10-11-19-27(23)37-28/h1-19,21,26H,20H2. The quantitative estimate of drug-likeness (QED) is 0.133. The molecule has 0 radical (unpaired) electrons. The van der Waals surface area contributed by atoms with Gasteiger partial charge < -0.3 is 9.47 Å². The molecule has 1 amide bonds. The molecule has 0 saturated carbocycles. The minimum atomic E-state index is -1.05. The molecule has 0 saturated heterocycles. The minimum absolute atomic E-state index is 0.297. The molecule has 1 unspecified atom stereocenters. The lowest BCUT2D eigenvalue weighted by molar-refractivity contribution is -0.116. The predicted octanol–water partition coefficient (Wildman–Crippen LogP) is 7.82. The molecule has 37 heavy (non-hydrogen) atoms. The summed E-state index contributed by atoms with van der Waals surface area (Å²) >= 11 is 1.53. The fourth-order valence-electron chi connectivity index (χ4n) is 3.85. The zero-order chi connectivity index (χ0) is 25.5. The average Bonchev–Trinajstić information content (AvgIpc) is 3.36. The van der Waals surface area contributed by atoms with Crippen LogP contribution in [0.3, 0.4) is 0 Å². The van der Waals surface area contributed by atoms with Gasteiger partial charge in [0.05, 0.1) is 0 Å². The number of para-hydroxylation sites is 2. The molecule has 1 atom stereocenters. The lowest BCUT2D eigenvalue weighted by atomic mass is 10.0. The van der Waals surface area contributed by atoms with Crippen molar-refractivity contribution in [3.63, 3.8) is 0 Å².